The van der Waals surface area contributed by atoms with E-state index in [1.165, 1.54) is 7.11 Å². The van der Waals surface area contributed by atoms with Gasteiger partial charge in [0.05, 0.1) is 19.3 Å². The zero-order chi connectivity index (χ0) is 14.5. The number of methoxy groups -OCH3 is 1. The molecule has 0 aliphatic heterocycles. The van der Waals surface area contributed by atoms with E-state index in [9.17, 15) is 4.79 Å². The molecule has 0 amide bonds. The van der Waals surface area contributed by atoms with Crippen LogP contribution >= 0.6 is 0 Å². The van der Waals surface area contributed by atoms with Gasteiger partial charge in [0, 0.05) is 6.54 Å². The summed E-state index contributed by atoms with van der Waals surface area (Å²) in [5.74, 6) is 0.286. The third-order valence-electron chi connectivity index (χ3n) is 3.14. The van der Waals surface area contributed by atoms with Crippen molar-refractivity contribution in [2.24, 2.45) is 5.73 Å². The minimum Gasteiger partial charge on any atom is -0.493 e. The Morgan fingerprint density at radius 3 is 2.70 bits per heavy atom. The number of carbonyl (C=O) groups is 1. The van der Waals surface area contributed by atoms with Crippen molar-refractivity contribution in [1.29, 1.82) is 0 Å². The van der Waals surface area contributed by atoms with Gasteiger partial charge in [-0.2, -0.15) is 5.10 Å². The molecule has 0 radical (unpaired) electrons. The number of carbonyl (C=O) groups excluding carboxylic acids is 1. The molecule has 1 aromatic carbocycles. The fourth-order valence-electron chi connectivity index (χ4n) is 2.11. The molecule has 1 heterocycles. The van der Waals surface area contributed by atoms with Crippen LogP contribution in [0.5, 0.6) is 5.75 Å². The number of hydrogen-bond acceptors (Lipinski definition) is 4. The molecule has 106 valence electrons. The molecule has 1 unspecified atom stereocenters. The van der Waals surface area contributed by atoms with Crippen LogP contribution in [-0.4, -0.2) is 22.7 Å². The van der Waals surface area contributed by atoms with E-state index in [1.807, 2.05) is 37.3 Å². The highest BCUT2D eigenvalue weighted by Crippen LogP contribution is 2.24. The Kier molecular flexibility index (Phi) is 4.53. The van der Waals surface area contributed by atoms with Gasteiger partial charge in [-0.15, -0.1) is 0 Å². The minimum atomic E-state index is -0.711. The fraction of sp³-hybridized carbons (Fsp3) is 0.333. The maximum atomic E-state index is 12.6. The Labute approximate surface area is 118 Å². The van der Waals surface area contributed by atoms with E-state index in [4.69, 9.17) is 10.5 Å². The predicted molar refractivity (Wildman–Crippen MR) is 76.8 cm³/mol. The van der Waals surface area contributed by atoms with Crippen molar-refractivity contribution in [3.8, 4) is 5.75 Å². The van der Waals surface area contributed by atoms with Crippen molar-refractivity contribution in [3.05, 3.63) is 47.8 Å². The number of ether oxygens (including phenoxy) is 1. The van der Waals surface area contributed by atoms with Crippen LogP contribution in [0.3, 0.4) is 0 Å². The number of nitrogens with zero attached hydrogens (tertiary/aromatic N) is 2. The zero-order valence-corrected chi connectivity index (χ0v) is 11.7. The normalized spacial score (nSPS) is 12.2. The summed E-state index contributed by atoms with van der Waals surface area (Å²) in [5.41, 5.74) is 7.29. The SMILES string of the molecule is CCCn1ncc(OC)c1C(=O)C(N)c1ccccc1. The summed E-state index contributed by atoms with van der Waals surface area (Å²) in [7, 11) is 1.53. The smallest absolute Gasteiger partial charge is 0.205 e. The Bertz CT molecular complexity index is 578. The summed E-state index contributed by atoms with van der Waals surface area (Å²) >= 11 is 0. The second kappa shape index (κ2) is 6.34. The Balaban J connectivity index is 2.35. The molecule has 2 aromatic rings. The van der Waals surface area contributed by atoms with Gasteiger partial charge in [-0.25, -0.2) is 0 Å². The first-order valence-corrected chi connectivity index (χ1v) is 6.63. The van der Waals surface area contributed by atoms with Crippen LogP contribution in [0.1, 0.15) is 35.4 Å². The van der Waals surface area contributed by atoms with E-state index >= 15 is 0 Å². The van der Waals surface area contributed by atoms with Crippen LogP contribution in [0.4, 0.5) is 0 Å². The molecule has 0 fully saturated rings. The predicted octanol–water partition coefficient (Wildman–Crippen LogP) is 2.18. The molecule has 20 heavy (non-hydrogen) atoms. The van der Waals surface area contributed by atoms with E-state index in [1.54, 1.807) is 10.9 Å². The fourth-order valence-corrected chi connectivity index (χ4v) is 2.11. The molecular formula is C15H19N3O2. The number of Topliss-reactive ketones (excluding diaryl/α,β-unsaturated/α-hetero) is 1. The van der Waals surface area contributed by atoms with Crippen molar-refractivity contribution >= 4 is 5.78 Å². The number of nitrogens with two attached hydrogens (primary N) is 1. The van der Waals surface area contributed by atoms with Crippen molar-refractivity contribution < 1.29 is 9.53 Å². The molecule has 0 aliphatic rings. The van der Waals surface area contributed by atoms with Crippen LogP contribution < -0.4 is 10.5 Å². The lowest BCUT2D eigenvalue weighted by Gasteiger charge is -2.13. The van der Waals surface area contributed by atoms with E-state index in [2.05, 4.69) is 5.10 Å². The molecule has 0 saturated carbocycles. The highest BCUT2D eigenvalue weighted by atomic mass is 16.5. The standard InChI is InChI=1S/C15H19N3O2/c1-3-9-18-14(12(20-2)10-17-18)15(19)13(16)11-7-5-4-6-8-11/h4-8,10,13H,3,9,16H2,1-2H3. The van der Waals surface area contributed by atoms with Crippen molar-refractivity contribution in [3.63, 3.8) is 0 Å². The molecule has 2 N–H and O–H groups in total. The van der Waals surface area contributed by atoms with Gasteiger partial charge in [0.1, 0.15) is 5.69 Å². The molecule has 0 bridgehead atoms. The number of hydrogen-bond donors (Lipinski definition) is 1. The van der Waals surface area contributed by atoms with Crippen LogP contribution in [0.15, 0.2) is 36.5 Å². The third kappa shape index (κ3) is 2.72. The van der Waals surface area contributed by atoms with Crippen LogP contribution in [-0.2, 0) is 6.54 Å². The minimum absolute atomic E-state index is 0.181. The average Bonchev–Trinajstić information content (AvgIpc) is 2.90. The van der Waals surface area contributed by atoms with Gasteiger partial charge in [0.2, 0.25) is 5.78 Å². The lowest BCUT2D eigenvalue weighted by molar-refractivity contribution is 0.0947. The average molecular weight is 273 g/mol. The van der Waals surface area contributed by atoms with E-state index in [0.717, 1.165) is 12.0 Å². The van der Waals surface area contributed by atoms with Crippen LogP contribution in [0.2, 0.25) is 0 Å². The van der Waals surface area contributed by atoms with E-state index in [-0.39, 0.29) is 5.78 Å². The van der Waals surface area contributed by atoms with E-state index in [0.29, 0.717) is 18.0 Å². The maximum absolute atomic E-state index is 12.6. The molecule has 1 aromatic heterocycles. The van der Waals surface area contributed by atoms with Crippen molar-refractivity contribution in [2.45, 2.75) is 25.9 Å². The van der Waals surface area contributed by atoms with Gasteiger partial charge < -0.3 is 10.5 Å². The number of aryl methyl sites for hydroxylation is 1. The summed E-state index contributed by atoms with van der Waals surface area (Å²) in [4.78, 5) is 12.6. The second-order valence-corrected chi connectivity index (χ2v) is 4.54. The third-order valence-corrected chi connectivity index (χ3v) is 3.14. The number of ketones is 1. The largest absolute Gasteiger partial charge is 0.493 e. The molecule has 2 rings (SSSR count). The van der Waals surface area contributed by atoms with Gasteiger partial charge in [-0.1, -0.05) is 37.3 Å². The lowest BCUT2D eigenvalue weighted by Crippen LogP contribution is -2.24. The quantitative estimate of drug-likeness (QED) is 0.819. The Morgan fingerprint density at radius 2 is 2.10 bits per heavy atom. The molecular weight excluding hydrogens is 254 g/mol. The molecule has 5 nitrogen and oxygen atoms in total. The second-order valence-electron chi connectivity index (χ2n) is 4.54. The van der Waals surface area contributed by atoms with Gasteiger partial charge in [-0.05, 0) is 12.0 Å². The molecule has 1 atom stereocenters. The molecule has 0 spiro atoms. The molecule has 0 saturated heterocycles. The number of benzene rings is 1. The van der Waals surface area contributed by atoms with Crippen molar-refractivity contribution in [1.82, 2.24) is 9.78 Å². The Hall–Kier alpha value is -2.14. The van der Waals surface area contributed by atoms with Gasteiger partial charge >= 0.3 is 0 Å². The Morgan fingerprint density at radius 1 is 1.40 bits per heavy atom. The lowest BCUT2D eigenvalue weighted by atomic mass is 10.0. The first kappa shape index (κ1) is 14.3. The van der Waals surface area contributed by atoms with Crippen molar-refractivity contribution in [2.75, 3.05) is 7.11 Å². The topological polar surface area (TPSA) is 70.1 Å². The first-order chi connectivity index (χ1) is 9.69. The van der Waals surface area contributed by atoms with Gasteiger partial charge in [0.15, 0.2) is 5.75 Å². The number of aromatic nitrogens is 2. The zero-order valence-electron chi connectivity index (χ0n) is 11.7. The first-order valence-electron chi connectivity index (χ1n) is 6.63. The highest BCUT2D eigenvalue weighted by molar-refractivity contribution is 6.01. The van der Waals surface area contributed by atoms with Crippen LogP contribution in [0.25, 0.3) is 0 Å². The molecule has 0 aliphatic carbocycles. The maximum Gasteiger partial charge on any atom is 0.205 e. The van der Waals surface area contributed by atoms with Crippen LogP contribution in [0, 0.1) is 0 Å². The molecule has 5 heteroatoms. The summed E-state index contributed by atoms with van der Waals surface area (Å²) in [6, 6.07) is 8.59. The monoisotopic (exact) mass is 273 g/mol. The van der Waals surface area contributed by atoms with Gasteiger partial charge in [-0.3, -0.25) is 9.48 Å². The summed E-state index contributed by atoms with van der Waals surface area (Å²) < 4.78 is 6.88. The van der Waals surface area contributed by atoms with E-state index < -0.39 is 6.04 Å². The number of rotatable bonds is 6. The summed E-state index contributed by atoms with van der Waals surface area (Å²) in [6.45, 7) is 2.69. The van der Waals surface area contributed by atoms with Gasteiger partial charge in [0.25, 0.3) is 0 Å². The summed E-state index contributed by atoms with van der Waals surface area (Å²) in [6.07, 6.45) is 2.44. The summed E-state index contributed by atoms with van der Waals surface area (Å²) in [5, 5.41) is 4.19. The highest BCUT2D eigenvalue weighted by Gasteiger charge is 2.25.